The molecular formula is C14H21NO2. The van der Waals surface area contributed by atoms with Gasteiger partial charge in [0, 0.05) is 13.1 Å². The fraction of sp³-hybridized carbons (Fsp3) is 0.571. The van der Waals surface area contributed by atoms with E-state index in [1.807, 2.05) is 30.3 Å². The monoisotopic (exact) mass is 235 g/mol. The van der Waals surface area contributed by atoms with Gasteiger partial charge in [-0.1, -0.05) is 31.0 Å². The predicted octanol–water partition coefficient (Wildman–Crippen LogP) is 2.26. The third kappa shape index (κ3) is 4.02. The second-order valence-electron chi connectivity index (χ2n) is 4.55. The Morgan fingerprint density at radius 3 is 2.35 bits per heavy atom. The number of likely N-dealkylation sites (tertiary alicyclic amines) is 1. The molecule has 1 aliphatic heterocycles. The highest BCUT2D eigenvalue weighted by Crippen LogP contribution is 2.13. The van der Waals surface area contributed by atoms with Crippen LogP contribution in [-0.4, -0.2) is 35.9 Å². The Morgan fingerprint density at radius 1 is 1.06 bits per heavy atom. The maximum Gasteiger partial charge on any atom is 0.141 e. The minimum absolute atomic E-state index is 0.351. The molecule has 1 saturated heterocycles. The first-order valence-corrected chi connectivity index (χ1v) is 6.46. The zero-order chi connectivity index (χ0) is 11.9. The number of hydrogen-bond donors (Lipinski definition) is 1. The number of para-hydroxylation sites is 1. The van der Waals surface area contributed by atoms with Gasteiger partial charge >= 0.3 is 0 Å². The van der Waals surface area contributed by atoms with E-state index in [2.05, 4.69) is 4.90 Å². The fourth-order valence-electron chi connectivity index (χ4n) is 2.19. The number of ether oxygens (including phenoxy) is 1. The summed E-state index contributed by atoms with van der Waals surface area (Å²) in [6, 6.07) is 9.66. The van der Waals surface area contributed by atoms with Gasteiger partial charge in [-0.2, -0.15) is 0 Å². The van der Waals surface area contributed by atoms with Gasteiger partial charge in [0.1, 0.15) is 18.6 Å². The Labute approximate surface area is 103 Å². The smallest absolute Gasteiger partial charge is 0.141 e. The molecule has 1 aliphatic rings. The predicted molar refractivity (Wildman–Crippen MR) is 68.0 cm³/mol. The van der Waals surface area contributed by atoms with Gasteiger partial charge in [0.15, 0.2) is 0 Å². The molecular weight excluding hydrogens is 214 g/mol. The van der Waals surface area contributed by atoms with Crippen molar-refractivity contribution in [3.63, 3.8) is 0 Å². The molecule has 3 nitrogen and oxygen atoms in total. The standard InChI is InChI=1S/C14H21NO2/c16-14(15-10-6-1-2-7-11-15)12-17-13-8-4-3-5-9-13/h3-5,8-9,14,16H,1-2,6-7,10-12H2. The van der Waals surface area contributed by atoms with E-state index in [-0.39, 0.29) is 0 Å². The summed E-state index contributed by atoms with van der Waals surface area (Å²) >= 11 is 0. The zero-order valence-electron chi connectivity index (χ0n) is 10.2. The Morgan fingerprint density at radius 2 is 1.71 bits per heavy atom. The molecule has 2 rings (SSSR count). The van der Waals surface area contributed by atoms with E-state index in [1.165, 1.54) is 25.7 Å². The minimum Gasteiger partial charge on any atom is -0.489 e. The molecule has 0 bridgehead atoms. The molecule has 1 fully saturated rings. The van der Waals surface area contributed by atoms with Gasteiger partial charge in [0.25, 0.3) is 0 Å². The van der Waals surface area contributed by atoms with Crippen LogP contribution in [0, 0.1) is 0 Å². The first-order chi connectivity index (χ1) is 8.36. The number of hydrogen-bond acceptors (Lipinski definition) is 3. The summed E-state index contributed by atoms with van der Waals surface area (Å²) in [5.41, 5.74) is 0. The summed E-state index contributed by atoms with van der Waals surface area (Å²) in [7, 11) is 0. The van der Waals surface area contributed by atoms with Gasteiger partial charge in [-0.3, -0.25) is 4.90 Å². The maximum absolute atomic E-state index is 10.1. The van der Waals surface area contributed by atoms with Crippen LogP contribution in [0.3, 0.4) is 0 Å². The van der Waals surface area contributed by atoms with Crippen molar-refractivity contribution in [1.29, 1.82) is 0 Å². The van der Waals surface area contributed by atoms with Gasteiger partial charge in [-0.05, 0) is 25.0 Å². The van der Waals surface area contributed by atoms with Crippen LogP contribution in [0.4, 0.5) is 0 Å². The van der Waals surface area contributed by atoms with Crippen molar-refractivity contribution in [2.75, 3.05) is 19.7 Å². The average molecular weight is 235 g/mol. The lowest BCUT2D eigenvalue weighted by Crippen LogP contribution is -2.40. The largest absolute Gasteiger partial charge is 0.489 e. The molecule has 0 aromatic heterocycles. The van der Waals surface area contributed by atoms with Gasteiger partial charge in [0.2, 0.25) is 0 Å². The van der Waals surface area contributed by atoms with Gasteiger partial charge in [-0.25, -0.2) is 0 Å². The molecule has 0 aliphatic carbocycles. The topological polar surface area (TPSA) is 32.7 Å². The second-order valence-corrected chi connectivity index (χ2v) is 4.55. The molecule has 0 spiro atoms. The van der Waals surface area contributed by atoms with Crippen molar-refractivity contribution in [3.05, 3.63) is 30.3 Å². The van der Waals surface area contributed by atoms with Crippen molar-refractivity contribution in [1.82, 2.24) is 4.90 Å². The van der Waals surface area contributed by atoms with Crippen LogP contribution >= 0.6 is 0 Å². The minimum atomic E-state index is -0.478. The number of aliphatic hydroxyl groups is 1. The SMILES string of the molecule is OC(COc1ccccc1)N1CCCCCC1. The highest BCUT2D eigenvalue weighted by molar-refractivity contribution is 5.20. The molecule has 1 N–H and O–H groups in total. The summed E-state index contributed by atoms with van der Waals surface area (Å²) in [4.78, 5) is 2.12. The van der Waals surface area contributed by atoms with E-state index in [9.17, 15) is 5.11 Å². The lowest BCUT2D eigenvalue weighted by molar-refractivity contribution is -0.0258. The van der Waals surface area contributed by atoms with Gasteiger partial charge in [-0.15, -0.1) is 0 Å². The molecule has 0 amide bonds. The molecule has 94 valence electrons. The van der Waals surface area contributed by atoms with E-state index in [1.54, 1.807) is 0 Å². The molecule has 1 heterocycles. The first-order valence-electron chi connectivity index (χ1n) is 6.46. The van der Waals surface area contributed by atoms with Crippen molar-refractivity contribution < 1.29 is 9.84 Å². The molecule has 0 saturated carbocycles. The summed E-state index contributed by atoms with van der Waals surface area (Å²) in [6.07, 6.45) is 4.45. The van der Waals surface area contributed by atoms with Crippen LogP contribution < -0.4 is 4.74 Å². The Hall–Kier alpha value is -1.06. The van der Waals surface area contributed by atoms with Gasteiger partial charge < -0.3 is 9.84 Å². The van der Waals surface area contributed by atoms with Crippen LogP contribution in [0.1, 0.15) is 25.7 Å². The second kappa shape index (κ2) is 6.62. The molecule has 1 unspecified atom stereocenters. The molecule has 17 heavy (non-hydrogen) atoms. The summed E-state index contributed by atoms with van der Waals surface area (Å²) in [6.45, 7) is 2.32. The van der Waals surface area contributed by atoms with Crippen LogP contribution in [0.25, 0.3) is 0 Å². The summed E-state index contributed by atoms with van der Waals surface area (Å²) in [5.74, 6) is 0.821. The summed E-state index contributed by atoms with van der Waals surface area (Å²) < 4.78 is 5.57. The van der Waals surface area contributed by atoms with Crippen molar-refractivity contribution in [3.8, 4) is 5.75 Å². The quantitative estimate of drug-likeness (QED) is 0.869. The Balaban J connectivity index is 1.78. The molecule has 1 aromatic rings. The third-order valence-electron chi connectivity index (χ3n) is 3.20. The molecule has 1 atom stereocenters. The number of aliphatic hydroxyl groups excluding tert-OH is 1. The van der Waals surface area contributed by atoms with Crippen LogP contribution in [0.5, 0.6) is 5.75 Å². The number of benzene rings is 1. The van der Waals surface area contributed by atoms with E-state index < -0.39 is 6.23 Å². The first kappa shape index (κ1) is 12.4. The Bertz CT molecular complexity index is 307. The van der Waals surface area contributed by atoms with Crippen molar-refractivity contribution in [2.45, 2.75) is 31.9 Å². The Kier molecular flexibility index (Phi) is 4.83. The maximum atomic E-state index is 10.1. The third-order valence-corrected chi connectivity index (χ3v) is 3.20. The number of nitrogens with zero attached hydrogens (tertiary/aromatic N) is 1. The normalized spacial score (nSPS) is 19.6. The van der Waals surface area contributed by atoms with Crippen LogP contribution in [0.15, 0.2) is 30.3 Å². The lowest BCUT2D eigenvalue weighted by atomic mass is 10.2. The van der Waals surface area contributed by atoms with Crippen molar-refractivity contribution >= 4 is 0 Å². The fourth-order valence-corrected chi connectivity index (χ4v) is 2.19. The number of rotatable bonds is 4. The van der Waals surface area contributed by atoms with Gasteiger partial charge in [0.05, 0.1) is 0 Å². The van der Waals surface area contributed by atoms with E-state index in [0.29, 0.717) is 6.61 Å². The van der Waals surface area contributed by atoms with Crippen molar-refractivity contribution in [2.24, 2.45) is 0 Å². The van der Waals surface area contributed by atoms with E-state index in [4.69, 9.17) is 4.74 Å². The van der Waals surface area contributed by atoms with Crippen LogP contribution in [0.2, 0.25) is 0 Å². The highest BCUT2D eigenvalue weighted by Gasteiger charge is 2.17. The highest BCUT2D eigenvalue weighted by atomic mass is 16.5. The summed E-state index contributed by atoms with van der Waals surface area (Å²) in [5, 5.41) is 10.1. The molecule has 1 aromatic carbocycles. The molecule has 3 heteroatoms. The molecule has 0 radical (unpaired) electrons. The average Bonchev–Trinajstić information content (AvgIpc) is 2.66. The van der Waals surface area contributed by atoms with E-state index >= 15 is 0 Å². The van der Waals surface area contributed by atoms with Crippen LogP contribution in [-0.2, 0) is 0 Å². The van der Waals surface area contributed by atoms with E-state index in [0.717, 1.165) is 18.8 Å². The lowest BCUT2D eigenvalue weighted by Gasteiger charge is -2.26. The zero-order valence-corrected chi connectivity index (χ0v) is 10.2.